The molecule has 1 aliphatic rings. The molecule has 0 N–H and O–H groups in total. The Morgan fingerprint density at radius 1 is 0.595 bits per heavy atom. The summed E-state index contributed by atoms with van der Waals surface area (Å²) in [5, 5.41) is 0.794. The molecule has 0 bridgehead atoms. The first-order chi connectivity index (χ1) is 18.2. The van der Waals surface area contributed by atoms with Gasteiger partial charge in [-0.05, 0) is 58.9 Å². The molecule has 0 radical (unpaired) electrons. The van der Waals surface area contributed by atoms with E-state index in [0.717, 1.165) is 24.4 Å². The highest BCUT2D eigenvalue weighted by atomic mass is 35.5. The molecule has 0 saturated heterocycles. The molecular formula is C35H30ClN. The molecule has 5 aromatic carbocycles. The highest BCUT2D eigenvalue weighted by molar-refractivity contribution is 6.30. The number of anilines is 1. The third kappa shape index (κ3) is 4.80. The Labute approximate surface area is 225 Å². The van der Waals surface area contributed by atoms with Crippen molar-refractivity contribution in [1.29, 1.82) is 0 Å². The quantitative estimate of drug-likeness (QED) is 0.216. The van der Waals surface area contributed by atoms with Crippen LogP contribution in [0.5, 0.6) is 0 Å². The third-order valence-electron chi connectivity index (χ3n) is 7.63. The molecule has 0 atom stereocenters. The van der Waals surface area contributed by atoms with Gasteiger partial charge in [-0.15, -0.1) is 0 Å². The van der Waals surface area contributed by atoms with Crippen LogP contribution >= 0.6 is 11.6 Å². The maximum Gasteiger partial charge on any atom is 0.0796 e. The summed E-state index contributed by atoms with van der Waals surface area (Å²) < 4.78 is 0. The Balaban J connectivity index is 1.53. The van der Waals surface area contributed by atoms with Crippen LogP contribution < -0.4 is 4.90 Å². The number of halogens is 1. The molecule has 0 fully saturated rings. The second-order valence-electron chi connectivity index (χ2n) is 10.1. The van der Waals surface area contributed by atoms with Gasteiger partial charge in [0.1, 0.15) is 0 Å². The van der Waals surface area contributed by atoms with E-state index in [4.69, 9.17) is 11.6 Å². The van der Waals surface area contributed by atoms with Crippen molar-refractivity contribution in [3.63, 3.8) is 0 Å². The van der Waals surface area contributed by atoms with Crippen molar-refractivity contribution in [2.24, 2.45) is 0 Å². The maximum absolute atomic E-state index is 6.70. The summed E-state index contributed by atoms with van der Waals surface area (Å²) in [5.74, 6) is 0. The molecule has 5 aromatic rings. The van der Waals surface area contributed by atoms with Crippen molar-refractivity contribution in [1.82, 2.24) is 0 Å². The van der Waals surface area contributed by atoms with Crippen LogP contribution in [0.2, 0.25) is 5.02 Å². The number of hydrogen-bond acceptors (Lipinski definition) is 1. The van der Waals surface area contributed by atoms with E-state index in [9.17, 15) is 0 Å². The van der Waals surface area contributed by atoms with Gasteiger partial charge >= 0.3 is 0 Å². The SMILES string of the molecule is Clc1ccc2c(c1)C(Cc1ccccc1)(Cc1ccccc1)CN2C(c1ccccc1)c1ccccc1. The first-order valence-corrected chi connectivity index (χ1v) is 13.3. The molecule has 1 nitrogen and oxygen atoms in total. The van der Waals surface area contributed by atoms with Gasteiger partial charge in [0, 0.05) is 22.7 Å². The fourth-order valence-corrected chi connectivity index (χ4v) is 6.24. The van der Waals surface area contributed by atoms with Gasteiger partial charge < -0.3 is 4.90 Å². The van der Waals surface area contributed by atoms with Crippen molar-refractivity contribution in [2.75, 3.05) is 11.4 Å². The van der Waals surface area contributed by atoms with E-state index in [1.165, 1.54) is 33.5 Å². The summed E-state index contributed by atoms with van der Waals surface area (Å²) in [7, 11) is 0. The third-order valence-corrected chi connectivity index (χ3v) is 7.86. The molecule has 182 valence electrons. The number of benzene rings is 5. The molecule has 0 aliphatic carbocycles. The zero-order chi connectivity index (χ0) is 25.1. The molecule has 37 heavy (non-hydrogen) atoms. The molecule has 0 unspecified atom stereocenters. The highest BCUT2D eigenvalue weighted by Gasteiger charge is 2.45. The van der Waals surface area contributed by atoms with Crippen LogP contribution in [0.25, 0.3) is 0 Å². The minimum atomic E-state index is -0.120. The topological polar surface area (TPSA) is 3.24 Å². The number of fused-ring (bicyclic) bond motifs is 1. The first kappa shape index (κ1) is 23.6. The Hall–Kier alpha value is -3.81. The van der Waals surface area contributed by atoms with Gasteiger partial charge in [0.05, 0.1) is 6.04 Å². The van der Waals surface area contributed by atoms with Gasteiger partial charge in [0.25, 0.3) is 0 Å². The van der Waals surface area contributed by atoms with Gasteiger partial charge in [-0.2, -0.15) is 0 Å². The molecular weight excluding hydrogens is 470 g/mol. The number of nitrogens with zero attached hydrogens (tertiary/aromatic N) is 1. The van der Waals surface area contributed by atoms with Crippen LogP contribution in [-0.2, 0) is 18.3 Å². The Morgan fingerprint density at radius 3 is 1.54 bits per heavy atom. The number of rotatable bonds is 7. The van der Waals surface area contributed by atoms with Crippen molar-refractivity contribution < 1.29 is 0 Å². The summed E-state index contributed by atoms with van der Waals surface area (Å²) in [4.78, 5) is 2.61. The van der Waals surface area contributed by atoms with Crippen LogP contribution in [0.3, 0.4) is 0 Å². The lowest BCUT2D eigenvalue weighted by atomic mass is 9.72. The minimum absolute atomic E-state index is 0.107. The molecule has 1 aliphatic heterocycles. The van der Waals surface area contributed by atoms with Crippen molar-refractivity contribution in [2.45, 2.75) is 24.3 Å². The van der Waals surface area contributed by atoms with E-state index in [2.05, 4.69) is 138 Å². The molecule has 0 aromatic heterocycles. The minimum Gasteiger partial charge on any atom is -0.359 e. The molecule has 1 heterocycles. The van der Waals surface area contributed by atoms with Crippen LogP contribution in [0, 0.1) is 0 Å². The van der Waals surface area contributed by atoms with E-state index < -0.39 is 0 Å². The van der Waals surface area contributed by atoms with Gasteiger partial charge in [-0.1, -0.05) is 133 Å². The van der Waals surface area contributed by atoms with Gasteiger partial charge in [0.2, 0.25) is 0 Å². The average Bonchev–Trinajstić information content (AvgIpc) is 3.23. The molecule has 0 spiro atoms. The predicted molar refractivity (Wildman–Crippen MR) is 155 cm³/mol. The largest absolute Gasteiger partial charge is 0.359 e. The van der Waals surface area contributed by atoms with E-state index in [0.29, 0.717) is 0 Å². The summed E-state index contributed by atoms with van der Waals surface area (Å²) >= 11 is 6.70. The molecule has 0 amide bonds. The van der Waals surface area contributed by atoms with E-state index in [-0.39, 0.29) is 11.5 Å². The Morgan fingerprint density at radius 2 is 1.05 bits per heavy atom. The summed E-state index contributed by atoms with van der Waals surface area (Å²) in [6.07, 6.45) is 1.89. The van der Waals surface area contributed by atoms with Crippen molar-refractivity contribution in [3.05, 3.63) is 172 Å². The lowest BCUT2D eigenvalue weighted by Gasteiger charge is -2.35. The smallest absolute Gasteiger partial charge is 0.0796 e. The van der Waals surface area contributed by atoms with Crippen LogP contribution in [0.1, 0.15) is 33.9 Å². The van der Waals surface area contributed by atoms with Crippen LogP contribution in [0.4, 0.5) is 5.69 Å². The Kier molecular flexibility index (Phi) is 6.55. The number of hydrogen-bond donors (Lipinski definition) is 0. The molecule has 2 heteroatoms. The molecule has 6 rings (SSSR count). The van der Waals surface area contributed by atoms with E-state index in [1.54, 1.807) is 0 Å². The summed E-state index contributed by atoms with van der Waals surface area (Å²) in [6, 6.07) is 50.2. The predicted octanol–water partition coefficient (Wildman–Crippen LogP) is 8.67. The fourth-order valence-electron chi connectivity index (χ4n) is 6.07. The van der Waals surface area contributed by atoms with Crippen LogP contribution in [-0.4, -0.2) is 6.54 Å². The van der Waals surface area contributed by atoms with Gasteiger partial charge in [-0.25, -0.2) is 0 Å². The maximum atomic E-state index is 6.70. The second kappa shape index (κ2) is 10.3. The van der Waals surface area contributed by atoms with Crippen LogP contribution in [0.15, 0.2) is 140 Å². The van der Waals surface area contributed by atoms with E-state index in [1.807, 2.05) is 6.07 Å². The lowest BCUT2D eigenvalue weighted by molar-refractivity contribution is 0.436. The summed E-state index contributed by atoms with van der Waals surface area (Å²) in [5.41, 5.74) is 7.78. The van der Waals surface area contributed by atoms with Gasteiger partial charge in [-0.3, -0.25) is 0 Å². The fraction of sp³-hybridized carbons (Fsp3) is 0.143. The normalized spacial score (nSPS) is 14.1. The van der Waals surface area contributed by atoms with Crippen molar-refractivity contribution in [3.8, 4) is 0 Å². The molecule has 0 saturated carbocycles. The lowest BCUT2D eigenvalue weighted by Crippen LogP contribution is -2.39. The first-order valence-electron chi connectivity index (χ1n) is 13.0. The van der Waals surface area contributed by atoms with Crippen molar-refractivity contribution >= 4 is 17.3 Å². The van der Waals surface area contributed by atoms with E-state index >= 15 is 0 Å². The zero-order valence-corrected chi connectivity index (χ0v) is 21.6. The monoisotopic (exact) mass is 499 g/mol. The van der Waals surface area contributed by atoms with Gasteiger partial charge in [0.15, 0.2) is 0 Å². The second-order valence-corrected chi connectivity index (χ2v) is 10.6. The zero-order valence-electron chi connectivity index (χ0n) is 20.8. The standard InChI is InChI=1S/C35H30ClN/c36-31-21-22-33-32(23-31)35(24-27-13-5-1-6-14-27,25-28-15-7-2-8-16-28)26-37(33)34(29-17-9-3-10-18-29)30-19-11-4-12-20-30/h1-23,34H,24-26H2. The summed E-state index contributed by atoms with van der Waals surface area (Å²) in [6.45, 7) is 0.904. The highest BCUT2D eigenvalue weighted by Crippen LogP contribution is 2.50. The average molecular weight is 500 g/mol. The Bertz CT molecular complexity index is 1370.